The molecule has 0 saturated heterocycles. The molecule has 0 amide bonds. The van der Waals surface area contributed by atoms with Gasteiger partial charge in [-0.2, -0.15) is 0 Å². The van der Waals surface area contributed by atoms with Crippen molar-refractivity contribution >= 4 is 12.2 Å². The number of hydrogen-bond donors (Lipinski definition) is 0. The lowest BCUT2D eigenvalue weighted by atomic mass is 9.88. The second-order valence-corrected chi connectivity index (χ2v) is 9.24. The molecule has 0 atom stereocenters. The molecule has 0 aliphatic heterocycles. The minimum atomic E-state index is 0.833. The quantitative estimate of drug-likeness (QED) is 0.489. The second kappa shape index (κ2) is 13.2. The van der Waals surface area contributed by atoms with E-state index >= 15 is 0 Å². The maximum absolute atomic E-state index is 4.01. The minimum absolute atomic E-state index is 0.833. The largest absolute Gasteiger partial charge is 0.0984 e. The molecule has 158 valence electrons. The third-order valence-electron chi connectivity index (χ3n) is 5.11. The average Bonchev–Trinajstić information content (AvgIpc) is 2.68. The maximum atomic E-state index is 4.01. The molecule has 0 nitrogen and oxygen atoms in total. The lowest BCUT2D eigenvalue weighted by Crippen LogP contribution is -2.01. The summed E-state index contributed by atoms with van der Waals surface area (Å²) in [6.07, 6.45) is 9.81. The van der Waals surface area contributed by atoms with Gasteiger partial charge in [0.2, 0.25) is 0 Å². The molecule has 0 fully saturated rings. The Hall–Kier alpha value is -2.08. The van der Waals surface area contributed by atoms with Crippen LogP contribution in [0.15, 0.2) is 55.1 Å². The summed E-state index contributed by atoms with van der Waals surface area (Å²) < 4.78 is 0. The van der Waals surface area contributed by atoms with Crippen LogP contribution in [0.5, 0.6) is 0 Å². The zero-order valence-corrected chi connectivity index (χ0v) is 19.8. The predicted molar refractivity (Wildman–Crippen MR) is 133 cm³/mol. The number of rotatable bonds is 4. The summed E-state index contributed by atoms with van der Waals surface area (Å²) in [6, 6.07) is 15.2. The molecule has 29 heavy (non-hydrogen) atoms. The topological polar surface area (TPSA) is 0 Å². The molecule has 1 aliphatic carbocycles. The van der Waals surface area contributed by atoms with E-state index < -0.39 is 0 Å². The van der Waals surface area contributed by atoms with Crippen LogP contribution in [0.2, 0.25) is 0 Å². The van der Waals surface area contributed by atoms with Gasteiger partial charge in [0, 0.05) is 0 Å². The fraction of sp³-hybridized carbons (Fsp3) is 0.448. The van der Waals surface area contributed by atoms with Crippen molar-refractivity contribution in [2.24, 2.45) is 17.8 Å². The van der Waals surface area contributed by atoms with E-state index in [1.807, 2.05) is 6.08 Å². The Morgan fingerprint density at radius 3 is 1.97 bits per heavy atom. The zero-order valence-electron chi connectivity index (χ0n) is 19.8. The van der Waals surface area contributed by atoms with Crippen LogP contribution in [0.3, 0.4) is 0 Å². The zero-order chi connectivity index (χ0) is 21.8. The van der Waals surface area contributed by atoms with Gasteiger partial charge in [-0.15, -0.1) is 0 Å². The summed E-state index contributed by atoms with van der Waals surface area (Å²) in [4.78, 5) is 0. The first kappa shape index (κ1) is 25.0. The number of fused-ring (bicyclic) bond motifs is 1. The van der Waals surface area contributed by atoms with Crippen LogP contribution in [-0.2, 0) is 12.8 Å². The molecule has 2 aromatic rings. The van der Waals surface area contributed by atoms with Crippen LogP contribution in [0.4, 0.5) is 0 Å². The molecule has 0 bridgehead atoms. The van der Waals surface area contributed by atoms with Gasteiger partial charge in [-0.1, -0.05) is 116 Å². The van der Waals surface area contributed by atoms with Gasteiger partial charge in [0.1, 0.15) is 0 Å². The molecule has 1 aliphatic rings. The third-order valence-corrected chi connectivity index (χ3v) is 5.11. The van der Waals surface area contributed by atoms with Crippen LogP contribution in [0.1, 0.15) is 82.7 Å². The Balaban J connectivity index is 0.000000353. The molecule has 0 heteroatoms. The van der Waals surface area contributed by atoms with E-state index in [2.05, 4.69) is 110 Å². The molecule has 2 aromatic carbocycles. The second-order valence-electron chi connectivity index (χ2n) is 9.24. The van der Waals surface area contributed by atoms with Gasteiger partial charge in [0.25, 0.3) is 0 Å². The van der Waals surface area contributed by atoms with Crippen LogP contribution in [0.25, 0.3) is 12.2 Å². The number of benzene rings is 2. The summed E-state index contributed by atoms with van der Waals surface area (Å²) in [6.45, 7) is 19.5. The first-order valence-corrected chi connectivity index (χ1v) is 11.2. The standard InChI is InChI=1S/C19H18.C6H14.C4H10/c1-2-18-17(14-15-8-4-3-5-9-15)13-12-16-10-6-7-11-19(16)18;1-5(2)6(3)4;1-4(2)3/h2-5,7-9,11-13H,1,6,10,14H2;5-6H,1-4H3;4H,1-3H3. The highest BCUT2D eigenvalue weighted by atomic mass is 14.2. The van der Waals surface area contributed by atoms with Crippen LogP contribution in [0, 0.1) is 17.8 Å². The highest BCUT2D eigenvalue weighted by Gasteiger charge is 2.11. The summed E-state index contributed by atoms with van der Waals surface area (Å²) >= 11 is 0. The fourth-order valence-electron chi connectivity index (χ4n) is 2.79. The molecule has 0 heterocycles. The van der Waals surface area contributed by atoms with Gasteiger partial charge in [0.15, 0.2) is 0 Å². The Bertz CT molecular complexity index is 736. The lowest BCUT2D eigenvalue weighted by molar-refractivity contribution is 0.457. The SMILES string of the molecule is C=Cc1c(Cc2ccccc2)ccc2c1C=CCC2.CC(C)C.CC(C)C(C)C. The van der Waals surface area contributed by atoms with Crippen molar-refractivity contribution in [2.75, 3.05) is 0 Å². The van der Waals surface area contributed by atoms with Gasteiger partial charge >= 0.3 is 0 Å². The van der Waals surface area contributed by atoms with E-state index in [1.165, 1.54) is 27.8 Å². The van der Waals surface area contributed by atoms with Crippen LogP contribution >= 0.6 is 0 Å². The van der Waals surface area contributed by atoms with Crippen LogP contribution < -0.4 is 0 Å². The molecule has 0 radical (unpaired) electrons. The van der Waals surface area contributed by atoms with Gasteiger partial charge in [-0.25, -0.2) is 0 Å². The van der Waals surface area contributed by atoms with Gasteiger partial charge < -0.3 is 0 Å². The summed E-state index contributed by atoms with van der Waals surface area (Å²) in [5.41, 5.74) is 6.85. The molecular formula is C29H42. The molecule has 0 spiro atoms. The van der Waals surface area contributed by atoms with Crippen molar-refractivity contribution in [3.8, 4) is 0 Å². The molecule has 0 unspecified atom stereocenters. The van der Waals surface area contributed by atoms with E-state index in [4.69, 9.17) is 0 Å². The number of allylic oxidation sites excluding steroid dienone is 1. The smallest absolute Gasteiger partial charge is 0.00196 e. The van der Waals surface area contributed by atoms with Crippen molar-refractivity contribution in [3.63, 3.8) is 0 Å². The fourth-order valence-corrected chi connectivity index (χ4v) is 2.79. The lowest BCUT2D eigenvalue weighted by Gasteiger charge is -2.17. The van der Waals surface area contributed by atoms with Crippen molar-refractivity contribution in [1.82, 2.24) is 0 Å². The molecule has 0 N–H and O–H groups in total. The van der Waals surface area contributed by atoms with Gasteiger partial charge in [0.05, 0.1) is 0 Å². The number of aryl methyl sites for hydroxylation is 1. The first-order chi connectivity index (χ1) is 13.8. The molecule has 0 saturated carbocycles. The summed E-state index contributed by atoms with van der Waals surface area (Å²) in [7, 11) is 0. The minimum Gasteiger partial charge on any atom is -0.0984 e. The summed E-state index contributed by atoms with van der Waals surface area (Å²) in [5, 5.41) is 0. The van der Waals surface area contributed by atoms with Gasteiger partial charge in [-0.05, 0) is 64.8 Å². The maximum Gasteiger partial charge on any atom is -0.00196 e. The predicted octanol–water partition coefficient (Wildman–Crippen LogP) is 8.84. The van der Waals surface area contributed by atoms with Gasteiger partial charge in [-0.3, -0.25) is 0 Å². The van der Waals surface area contributed by atoms with Crippen LogP contribution in [-0.4, -0.2) is 0 Å². The van der Waals surface area contributed by atoms with E-state index in [1.54, 1.807) is 0 Å². The van der Waals surface area contributed by atoms with Crippen molar-refractivity contribution in [1.29, 1.82) is 0 Å². The normalized spacial score (nSPS) is 12.1. The van der Waals surface area contributed by atoms with Crippen molar-refractivity contribution in [3.05, 3.63) is 82.9 Å². The highest BCUT2D eigenvalue weighted by molar-refractivity contribution is 5.71. The molecule has 3 rings (SSSR count). The third kappa shape index (κ3) is 9.31. The Kier molecular flexibility index (Phi) is 11.4. The molecule has 0 aromatic heterocycles. The number of hydrogen-bond acceptors (Lipinski definition) is 0. The highest BCUT2D eigenvalue weighted by Crippen LogP contribution is 2.28. The van der Waals surface area contributed by atoms with E-state index in [0.29, 0.717) is 0 Å². The van der Waals surface area contributed by atoms with E-state index in [9.17, 15) is 0 Å². The molecular weight excluding hydrogens is 348 g/mol. The van der Waals surface area contributed by atoms with Crippen molar-refractivity contribution in [2.45, 2.75) is 67.7 Å². The van der Waals surface area contributed by atoms with E-state index in [0.717, 1.165) is 37.0 Å². The summed E-state index contributed by atoms with van der Waals surface area (Å²) in [5.74, 6) is 2.54. The van der Waals surface area contributed by atoms with E-state index in [-0.39, 0.29) is 0 Å². The Labute approximate surface area is 180 Å². The Morgan fingerprint density at radius 2 is 1.45 bits per heavy atom. The average molecular weight is 391 g/mol. The van der Waals surface area contributed by atoms with Crippen molar-refractivity contribution < 1.29 is 0 Å². The Morgan fingerprint density at radius 1 is 0.862 bits per heavy atom. The monoisotopic (exact) mass is 390 g/mol. The first-order valence-electron chi connectivity index (χ1n) is 11.2.